The number of amides is 1. The van der Waals surface area contributed by atoms with E-state index in [2.05, 4.69) is 13.8 Å². The van der Waals surface area contributed by atoms with Crippen LogP contribution in [0.1, 0.15) is 52.4 Å². The Morgan fingerprint density at radius 2 is 1.64 bits per heavy atom. The second-order valence-electron chi connectivity index (χ2n) is 3.77. The van der Waals surface area contributed by atoms with E-state index in [1.807, 2.05) is 0 Å². The van der Waals surface area contributed by atoms with Crippen molar-refractivity contribution in [3.8, 4) is 0 Å². The number of hydrogen-bond acceptors (Lipinski definition) is 2. The van der Waals surface area contributed by atoms with Gasteiger partial charge in [0.2, 0.25) is 5.91 Å². The van der Waals surface area contributed by atoms with Gasteiger partial charge in [0.15, 0.2) is 0 Å². The highest BCUT2D eigenvalue weighted by Crippen LogP contribution is 2.24. The summed E-state index contributed by atoms with van der Waals surface area (Å²) < 4.78 is 5.33. The second-order valence-corrected chi connectivity index (χ2v) is 3.77. The highest BCUT2D eigenvalue weighted by atomic mass is 16.5. The van der Waals surface area contributed by atoms with Crippen LogP contribution in [0.3, 0.4) is 0 Å². The summed E-state index contributed by atoms with van der Waals surface area (Å²) in [6.07, 6.45) is 5.58. The van der Waals surface area contributed by atoms with Gasteiger partial charge in [-0.15, -0.1) is 0 Å². The van der Waals surface area contributed by atoms with Crippen LogP contribution in [0, 0.1) is 0 Å². The summed E-state index contributed by atoms with van der Waals surface area (Å²) >= 11 is 0. The number of carbonyl (C=O) groups is 1. The zero-order valence-electron chi connectivity index (χ0n) is 9.64. The van der Waals surface area contributed by atoms with E-state index in [0.717, 1.165) is 38.5 Å². The van der Waals surface area contributed by atoms with Gasteiger partial charge in [-0.3, -0.25) is 4.79 Å². The molecule has 0 saturated heterocycles. The van der Waals surface area contributed by atoms with Crippen molar-refractivity contribution in [1.29, 1.82) is 0 Å². The van der Waals surface area contributed by atoms with Crippen LogP contribution in [0.4, 0.5) is 0 Å². The van der Waals surface area contributed by atoms with E-state index in [1.54, 1.807) is 7.11 Å². The van der Waals surface area contributed by atoms with Crippen LogP contribution >= 0.6 is 0 Å². The fraction of sp³-hybridized carbons (Fsp3) is 0.909. The van der Waals surface area contributed by atoms with Crippen LogP contribution in [-0.4, -0.2) is 18.6 Å². The monoisotopic (exact) mass is 201 g/mol. The molecule has 0 aliphatic carbocycles. The third-order valence-electron chi connectivity index (χ3n) is 2.71. The molecule has 0 aromatic heterocycles. The van der Waals surface area contributed by atoms with Crippen LogP contribution in [-0.2, 0) is 9.53 Å². The van der Waals surface area contributed by atoms with Crippen molar-refractivity contribution in [1.82, 2.24) is 0 Å². The molecule has 14 heavy (non-hydrogen) atoms. The molecule has 0 unspecified atom stereocenters. The Kier molecular flexibility index (Phi) is 6.54. The Bertz CT molecular complexity index is 161. The molecular formula is C11H23NO2. The number of primary amides is 1. The molecular weight excluding hydrogens is 178 g/mol. The Morgan fingerprint density at radius 3 is 1.86 bits per heavy atom. The van der Waals surface area contributed by atoms with E-state index in [0.29, 0.717) is 0 Å². The van der Waals surface area contributed by atoms with Gasteiger partial charge in [0, 0.05) is 7.11 Å². The molecule has 0 fully saturated rings. The molecule has 3 heteroatoms. The average Bonchev–Trinajstić information content (AvgIpc) is 2.18. The normalized spacial score (nSPS) is 11.6. The Balaban J connectivity index is 4.35. The van der Waals surface area contributed by atoms with Crippen molar-refractivity contribution in [2.45, 2.75) is 58.0 Å². The zero-order valence-corrected chi connectivity index (χ0v) is 9.64. The molecule has 0 aliphatic rings. The van der Waals surface area contributed by atoms with Gasteiger partial charge in [-0.05, 0) is 12.8 Å². The molecule has 0 aromatic rings. The molecule has 3 nitrogen and oxygen atoms in total. The quantitative estimate of drug-likeness (QED) is 0.654. The van der Waals surface area contributed by atoms with E-state index < -0.39 is 5.60 Å². The van der Waals surface area contributed by atoms with Gasteiger partial charge in [-0.25, -0.2) is 0 Å². The maximum absolute atomic E-state index is 11.4. The molecule has 0 saturated carbocycles. The van der Waals surface area contributed by atoms with Gasteiger partial charge >= 0.3 is 0 Å². The highest BCUT2D eigenvalue weighted by molar-refractivity contribution is 5.83. The predicted molar refractivity (Wildman–Crippen MR) is 58.0 cm³/mol. The number of unbranched alkanes of at least 4 members (excludes halogenated alkanes) is 2. The van der Waals surface area contributed by atoms with Gasteiger partial charge < -0.3 is 10.5 Å². The number of carbonyl (C=O) groups excluding carboxylic acids is 1. The molecule has 0 aromatic carbocycles. The number of rotatable bonds is 8. The third-order valence-corrected chi connectivity index (χ3v) is 2.71. The van der Waals surface area contributed by atoms with Gasteiger partial charge in [-0.2, -0.15) is 0 Å². The minimum absolute atomic E-state index is 0.318. The van der Waals surface area contributed by atoms with Crippen LogP contribution in [0.2, 0.25) is 0 Å². The summed E-state index contributed by atoms with van der Waals surface area (Å²) in [4.78, 5) is 11.4. The summed E-state index contributed by atoms with van der Waals surface area (Å²) in [5.74, 6) is -0.318. The van der Waals surface area contributed by atoms with E-state index in [4.69, 9.17) is 10.5 Å². The fourth-order valence-corrected chi connectivity index (χ4v) is 1.60. The lowest BCUT2D eigenvalue weighted by Crippen LogP contribution is -2.45. The topological polar surface area (TPSA) is 52.3 Å². The molecule has 1 amide bonds. The molecule has 84 valence electrons. The first-order chi connectivity index (χ1) is 6.63. The van der Waals surface area contributed by atoms with Crippen LogP contribution < -0.4 is 5.73 Å². The van der Waals surface area contributed by atoms with E-state index in [1.165, 1.54) is 0 Å². The van der Waals surface area contributed by atoms with Crippen LogP contribution in [0.5, 0.6) is 0 Å². The van der Waals surface area contributed by atoms with Crippen LogP contribution in [0.25, 0.3) is 0 Å². The Hall–Kier alpha value is -0.570. The molecule has 0 atom stereocenters. The summed E-state index contributed by atoms with van der Waals surface area (Å²) in [7, 11) is 1.58. The molecule has 0 rings (SSSR count). The lowest BCUT2D eigenvalue weighted by molar-refractivity contribution is -0.142. The highest BCUT2D eigenvalue weighted by Gasteiger charge is 2.34. The maximum Gasteiger partial charge on any atom is 0.249 e. The van der Waals surface area contributed by atoms with Gasteiger partial charge in [0.25, 0.3) is 0 Å². The number of nitrogens with two attached hydrogens (primary N) is 1. The maximum atomic E-state index is 11.4. The van der Waals surface area contributed by atoms with Crippen molar-refractivity contribution in [2.24, 2.45) is 5.73 Å². The van der Waals surface area contributed by atoms with Crippen molar-refractivity contribution < 1.29 is 9.53 Å². The summed E-state index contributed by atoms with van der Waals surface area (Å²) in [5, 5.41) is 0. The third kappa shape index (κ3) is 3.66. The molecule has 0 bridgehead atoms. The first-order valence-corrected chi connectivity index (χ1v) is 5.48. The molecule has 0 spiro atoms. The minimum atomic E-state index is -0.716. The number of ether oxygens (including phenoxy) is 1. The van der Waals surface area contributed by atoms with Crippen molar-refractivity contribution >= 4 is 5.91 Å². The van der Waals surface area contributed by atoms with Gasteiger partial charge in [0.1, 0.15) is 5.60 Å². The van der Waals surface area contributed by atoms with E-state index in [9.17, 15) is 4.79 Å². The largest absolute Gasteiger partial charge is 0.368 e. The first kappa shape index (κ1) is 13.4. The SMILES string of the molecule is CCCCC(CCCC)(OC)C(N)=O. The van der Waals surface area contributed by atoms with E-state index >= 15 is 0 Å². The average molecular weight is 201 g/mol. The second kappa shape index (κ2) is 6.82. The fourth-order valence-electron chi connectivity index (χ4n) is 1.60. The molecule has 0 heterocycles. The zero-order chi connectivity index (χ0) is 11.0. The lowest BCUT2D eigenvalue weighted by Gasteiger charge is -2.29. The molecule has 0 aliphatic heterocycles. The summed E-state index contributed by atoms with van der Waals surface area (Å²) in [6, 6.07) is 0. The number of hydrogen-bond donors (Lipinski definition) is 1. The Labute approximate surface area is 87.0 Å². The lowest BCUT2D eigenvalue weighted by atomic mass is 9.90. The van der Waals surface area contributed by atoms with Crippen molar-refractivity contribution in [3.05, 3.63) is 0 Å². The van der Waals surface area contributed by atoms with Gasteiger partial charge in [-0.1, -0.05) is 39.5 Å². The van der Waals surface area contributed by atoms with E-state index in [-0.39, 0.29) is 5.91 Å². The summed E-state index contributed by atoms with van der Waals surface area (Å²) in [6.45, 7) is 4.20. The van der Waals surface area contributed by atoms with Crippen molar-refractivity contribution in [3.63, 3.8) is 0 Å². The first-order valence-electron chi connectivity index (χ1n) is 5.48. The Morgan fingerprint density at radius 1 is 1.21 bits per heavy atom. The standard InChI is InChI=1S/C11H23NO2/c1-4-6-8-11(14-3,10(12)13)9-7-5-2/h4-9H2,1-3H3,(H2,12,13). The van der Waals surface area contributed by atoms with Crippen LogP contribution in [0.15, 0.2) is 0 Å². The van der Waals surface area contributed by atoms with Gasteiger partial charge in [0.05, 0.1) is 0 Å². The minimum Gasteiger partial charge on any atom is -0.368 e. The molecule has 0 radical (unpaired) electrons. The summed E-state index contributed by atoms with van der Waals surface area (Å²) in [5.41, 5.74) is 4.68. The smallest absolute Gasteiger partial charge is 0.249 e. The predicted octanol–water partition coefficient (Wildman–Crippen LogP) is 2.24. The van der Waals surface area contributed by atoms with Crippen molar-refractivity contribution in [2.75, 3.05) is 7.11 Å². The molecule has 2 N–H and O–H groups in total. The number of methoxy groups -OCH3 is 1.